The fourth-order valence-corrected chi connectivity index (χ4v) is 2.21. The Morgan fingerprint density at radius 1 is 1.00 bits per heavy atom. The van der Waals surface area contributed by atoms with Gasteiger partial charge in [-0.2, -0.15) is 0 Å². The van der Waals surface area contributed by atoms with E-state index in [2.05, 4.69) is 44.2 Å². The van der Waals surface area contributed by atoms with E-state index in [0.717, 1.165) is 0 Å². The lowest BCUT2D eigenvalue weighted by Gasteiger charge is -2.09. The van der Waals surface area contributed by atoms with Crippen LogP contribution < -0.4 is 0 Å². The highest BCUT2D eigenvalue weighted by atomic mass is 35.5. The van der Waals surface area contributed by atoms with Crippen molar-refractivity contribution in [1.82, 2.24) is 0 Å². The van der Waals surface area contributed by atoms with Gasteiger partial charge in [0, 0.05) is 5.88 Å². The Labute approximate surface area is 89.5 Å². The maximum atomic E-state index is 5.91. The molecule has 0 heterocycles. The third-order valence-corrected chi connectivity index (χ3v) is 2.98. The Balaban J connectivity index is 2.91. The first-order valence-corrected chi connectivity index (χ1v) is 5.31. The van der Waals surface area contributed by atoms with Gasteiger partial charge in [0.05, 0.1) is 0 Å². The molecule has 0 radical (unpaired) electrons. The molecule has 1 heteroatoms. The first-order chi connectivity index (χ1) is 6.74. The molecular formula is C13H13Cl. The molecule has 2 rings (SSSR count). The van der Waals surface area contributed by atoms with Gasteiger partial charge in [-0.3, -0.25) is 0 Å². The molecule has 0 unspecified atom stereocenters. The molecule has 0 aliphatic heterocycles. The van der Waals surface area contributed by atoms with Crippen molar-refractivity contribution in [3.8, 4) is 0 Å². The summed E-state index contributed by atoms with van der Waals surface area (Å²) in [7, 11) is 0. The SMILES string of the molecule is Cc1cccc2c(CCl)ccc(C)c12. The third-order valence-electron chi connectivity index (χ3n) is 2.69. The Morgan fingerprint density at radius 3 is 2.43 bits per heavy atom. The van der Waals surface area contributed by atoms with Gasteiger partial charge >= 0.3 is 0 Å². The number of fused-ring (bicyclic) bond motifs is 1. The number of benzene rings is 2. The summed E-state index contributed by atoms with van der Waals surface area (Å²) in [5, 5.41) is 2.64. The average Bonchev–Trinajstić information content (AvgIpc) is 2.18. The zero-order chi connectivity index (χ0) is 10.1. The Morgan fingerprint density at radius 2 is 1.71 bits per heavy atom. The molecule has 0 atom stereocenters. The fraction of sp³-hybridized carbons (Fsp3) is 0.231. The Kier molecular flexibility index (Phi) is 2.47. The minimum atomic E-state index is 0.584. The minimum absolute atomic E-state index is 0.584. The third kappa shape index (κ3) is 1.40. The van der Waals surface area contributed by atoms with Gasteiger partial charge in [0.2, 0.25) is 0 Å². The monoisotopic (exact) mass is 204 g/mol. The number of rotatable bonds is 1. The summed E-state index contributed by atoms with van der Waals surface area (Å²) in [6, 6.07) is 10.6. The van der Waals surface area contributed by atoms with Crippen LogP contribution in [-0.4, -0.2) is 0 Å². The van der Waals surface area contributed by atoms with Crippen molar-refractivity contribution in [3.05, 3.63) is 47.0 Å². The van der Waals surface area contributed by atoms with E-state index in [0.29, 0.717) is 5.88 Å². The van der Waals surface area contributed by atoms with Gasteiger partial charge in [-0.15, -0.1) is 11.6 Å². The topological polar surface area (TPSA) is 0 Å². The smallest absolute Gasteiger partial charge is 0.0480 e. The zero-order valence-electron chi connectivity index (χ0n) is 8.47. The normalized spacial score (nSPS) is 10.8. The predicted octanol–water partition coefficient (Wildman–Crippen LogP) is 4.20. The molecule has 0 nitrogen and oxygen atoms in total. The number of hydrogen-bond acceptors (Lipinski definition) is 0. The van der Waals surface area contributed by atoms with E-state index in [1.54, 1.807) is 0 Å². The van der Waals surface area contributed by atoms with Crippen molar-refractivity contribution in [1.29, 1.82) is 0 Å². The van der Waals surface area contributed by atoms with Crippen LogP contribution in [0.2, 0.25) is 0 Å². The van der Waals surface area contributed by atoms with Gasteiger partial charge in [-0.25, -0.2) is 0 Å². The Bertz CT molecular complexity index is 464. The van der Waals surface area contributed by atoms with Crippen LogP contribution in [0.25, 0.3) is 10.8 Å². The van der Waals surface area contributed by atoms with Crippen molar-refractivity contribution in [2.45, 2.75) is 19.7 Å². The quantitative estimate of drug-likeness (QED) is 0.611. The van der Waals surface area contributed by atoms with Crippen molar-refractivity contribution < 1.29 is 0 Å². The summed E-state index contributed by atoms with van der Waals surface area (Å²) in [6.07, 6.45) is 0. The Hall–Kier alpha value is -1.01. The largest absolute Gasteiger partial charge is 0.122 e. The number of aryl methyl sites for hydroxylation is 2. The van der Waals surface area contributed by atoms with E-state index < -0.39 is 0 Å². The van der Waals surface area contributed by atoms with Gasteiger partial charge in [0.1, 0.15) is 0 Å². The molecule has 0 spiro atoms. The highest BCUT2D eigenvalue weighted by molar-refractivity contribution is 6.18. The lowest BCUT2D eigenvalue weighted by atomic mass is 9.97. The molecule has 0 amide bonds. The number of hydrogen-bond donors (Lipinski definition) is 0. The van der Waals surface area contributed by atoms with E-state index in [1.807, 2.05) is 0 Å². The minimum Gasteiger partial charge on any atom is -0.122 e. The van der Waals surface area contributed by atoms with E-state index in [1.165, 1.54) is 27.5 Å². The second-order valence-corrected chi connectivity index (χ2v) is 3.94. The molecule has 2 aromatic rings. The number of halogens is 1. The van der Waals surface area contributed by atoms with E-state index >= 15 is 0 Å². The predicted molar refractivity (Wildman–Crippen MR) is 63.0 cm³/mol. The van der Waals surface area contributed by atoms with Gasteiger partial charge in [0.15, 0.2) is 0 Å². The standard InChI is InChI=1S/C13H13Cl/c1-9-4-3-5-12-11(8-14)7-6-10(2)13(9)12/h3-7H,8H2,1-2H3. The average molecular weight is 205 g/mol. The summed E-state index contributed by atoms with van der Waals surface area (Å²) in [5.41, 5.74) is 3.87. The van der Waals surface area contributed by atoms with Crippen LogP contribution in [0.3, 0.4) is 0 Å². The summed E-state index contributed by atoms with van der Waals surface area (Å²) < 4.78 is 0. The first-order valence-electron chi connectivity index (χ1n) is 4.78. The zero-order valence-corrected chi connectivity index (χ0v) is 9.23. The van der Waals surface area contributed by atoms with E-state index in [9.17, 15) is 0 Å². The summed E-state index contributed by atoms with van der Waals surface area (Å²) in [5.74, 6) is 0.584. The van der Waals surface area contributed by atoms with Crippen LogP contribution in [0.1, 0.15) is 16.7 Å². The van der Waals surface area contributed by atoms with Crippen LogP contribution in [0.15, 0.2) is 30.3 Å². The highest BCUT2D eigenvalue weighted by Crippen LogP contribution is 2.26. The lowest BCUT2D eigenvalue weighted by Crippen LogP contribution is -1.87. The highest BCUT2D eigenvalue weighted by Gasteiger charge is 2.04. The molecule has 0 bridgehead atoms. The molecule has 0 saturated carbocycles. The van der Waals surface area contributed by atoms with Gasteiger partial charge in [0.25, 0.3) is 0 Å². The fourth-order valence-electron chi connectivity index (χ4n) is 1.97. The molecular weight excluding hydrogens is 192 g/mol. The summed E-state index contributed by atoms with van der Waals surface area (Å²) in [4.78, 5) is 0. The first kappa shape index (κ1) is 9.54. The lowest BCUT2D eigenvalue weighted by molar-refractivity contribution is 1.39. The molecule has 0 saturated heterocycles. The molecule has 0 fully saturated rings. The number of alkyl halides is 1. The van der Waals surface area contributed by atoms with Crippen LogP contribution in [-0.2, 0) is 5.88 Å². The van der Waals surface area contributed by atoms with Crippen LogP contribution in [0.5, 0.6) is 0 Å². The maximum Gasteiger partial charge on any atom is 0.0480 e. The van der Waals surface area contributed by atoms with E-state index in [-0.39, 0.29) is 0 Å². The van der Waals surface area contributed by atoms with Crippen molar-refractivity contribution >= 4 is 22.4 Å². The molecule has 2 aromatic carbocycles. The van der Waals surface area contributed by atoms with Gasteiger partial charge < -0.3 is 0 Å². The summed E-state index contributed by atoms with van der Waals surface area (Å²) in [6.45, 7) is 4.29. The van der Waals surface area contributed by atoms with Crippen molar-refractivity contribution in [3.63, 3.8) is 0 Å². The van der Waals surface area contributed by atoms with Crippen LogP contribution >= 0.6 is 11.6 Å². The summed E-state index contributed by atoms with van der Waals surface area (Å²) >= 11 is 5.91. The molecule has 0 aliphatic rings. The van der Waals surface area contributed by atoms with Crippen molar-refractivity contribution in [2.24, 2.45) is 0 Å². The molecule has 72 valence electrons. The molecule has 0 aromatic heterocycles. The van der Waals surface area contributed by atoms with Gasteiger partial charge in [-0.05, 0) is 41.3 Å². The molecule has 0 aliphatic carbocycles. The van der Waals surface area contributed by atoms with Crippen LogP contribution in [0, 0.1) is 13.8 Å². The van der Waals surface area contributed by atoms with E-state index in [4.69, 9.17) is 11.6 Å². The molecule has 0 N–H and O–H groups in total. The van der Waals surface area contributed by atoms with Crippen molar-refractivity contribution in [2.75, 3.05) is 0 Å². The second kappa shape index (κ2) is 3.62. The van der Waals surface area contributed by atoms with Crippen LogP contribution in [0.4, 0.5) is 0 Å². The van der Waals surface area contributed by atoms with Gasteiger partial charge in [-0.1, -0.05) is 30.3 Å². The maximum absolute atomic E-state index is 5.91. The second-order valence-electron chi connectivity index (χ2n) is 3.67. The molecule has 14 heavy (non-hydrogen) atoms.